The van der Waals surface area contributed by atoms with Crippen molar-refractivity contribution in [2.45, 2.75) is 0 Å². The molecule has 0 atom stereocenters. The van der Waals surface area contributed by atoms with Crippen LogP contribution in [0, 0.1) is 5.21 Å². The molecule has 102 valence electrons. The van der Waals surface area contributed by atoms with Crippen molar-refractivity contribution in [2.75, 3.05) is 0 Å². The molecule has 1 aromatic heterocycles. The zero-order chi connectivity index (χ0) is 14.5. The predicted molar refractivity (Wildman–Crippen MR) is 68.4 cm³/mol. The van der Waals surface area contributed by atoms with Gasteiger partial charge in [0.1, 0.15) is 11.3 Å². The molecule has 7 heteroatoms. The van der Waals surface area contributed by atoms with Gasteiger partial charge in [-0.2, -0.15) is 4.73 Å². The highest BCUT2D eigenvalue weighted by atomic mass is 16.5. The normalized spacial score (nSPS) is 9.80. The van der Waals surface area contributed by atoms with E-state index in [9.17, 15) is 19.9 Å². The Bertz CT molecular complexity index is 658. The first-order chi connectivity index (χ1) is 9.58. The standard InChI is InChI=1S/C13H11N3O4/c17-11-6-2-1-5-10(11)13(19)15-14-12(18)9-4-3-7-16(20)8-9/h1-8,17H,(H,14,18)(H,15,19). The number of phenols is 1. The monoisotopic (exact) mass is 273 g/mol. The number of phenolic OH excluding ortho intramolecular Hbond substituents is 1. The average molecular weight is 273 g/mol. The van der Waals surface area contributed by atoms with E-state index in [1.54, 1.807) is 12.1 Å². The SMILES string of the molecule is O=C(NNC(=O)c1ccccc1O)c1ccc[n+]([O-])c1. The third-order valence-electron chi connectivity index (χ3n) is 2.48. The molecule has 2 rings (SSSR count). The van der Waals surface area contributed by atoms with Crippen LogP contribution in [-0.2, 0) is 0 Å². The van der Waals surface area contributed by atoms with E-state index in [0.29, 0.717) is 4.73 Å². The number of para-hydroxylation sites is 1. The highest BCUT2D eigenvalue weighted by Crippen LogP contribution is 2.14. The van der Waals surface area contributed by atoms with Gasteiger partial charge in [0.05, 0.1) is 5.56 Å². The largest absolute Gasteiger partial charge is 0.619 e. The fourth-order valence-corrected chi connectivity index (χ4v) is 1.51. The summed E-state index contributed by atoms with van der Waals surface area (Å²) in [6, 6.07) is 8.75. The molecule has 3 N–H and O–H groups in total. The Morgan fingerprint density at radius 2 is 1.75 bits per heavy atom. The Morgan fingerprint density at radius 1 is 1.05 bits per heavy atom. The molecule has 0 unspecified atom stereocenters. The number of rotatable bonds is 2. The molecule has 0 aliphatic rings. The van der Waals surface area contributed by atoms with E-state index in [1.807, 2.05) is 0 Å². The Kier molecular flexibility index (Phi) is 3.80. The van der Waals surface area contributed by atoms with Gasteiger partial charge in [-0.3, -0.25) is 20.4 Å². The van der Waals surface area contributed by atoms with Crippen molar-refractivity contribution in [3.05, 3.63) is 65.1 Å². The van der Waals surface area contributed by atoms with E-state index in [-0.39, 0.29) is 16.9 Å². The number of nitrogens with one attached hydrogen (secondary N) is 2. The number of nitrogens with zero attached hydrogens (tertiary/aromatic N) is 1. The Balaban J connectivity index is 2.01. The Hall–Kier alpha value is -3.09. The minimum Gasteiger partial charge on any atom is -0.619 e. The van der Waals surface area contributed by atoms with Gasteiger partial charge in [-0.1, -0.05) is 12.1 Å². The maximum Gasteiger partial charge on any atom is 0.275 e. The summed E-state index contributed by atoms with van der Waals surface area (Å²) in [4.78, 5) is 23.4. The van der Waals surface area contributed by atoms with E-state index in [0.717, 1.165) is 6.20 Å². The summed E-state index contributed by atoms with van der Waals surface area (Å²) in [7, 11) is 0. The molecule has 1 heterocycles. The predicted octanol–water partition coefficient (Wildman–Crippen LogP) is 0.100. The summed E-state index contributed by atoms with van der Waals surface area (Å²) >= 11 is 0. The number of pyridine rings is 1. The number of benzene rings is 1. The molecule has 0 radical (unpaired) electrons. The van der Waals surface area contributed by atoms with Gasteiger partial charge in [-0.25, -0.2) is 0 Å². The molecule has 0 saturated carbocycles. The van der Waals surface area contributed by atoms with Crippen LogP contribution in [0.3, 0.4) is 0 Å². The fourth-order valence-electron chi connectivity index (χ4n) is 1.51. The summed E-state index contributed by atoms with van der Waals surface area (Å²) in [6.07, 6.45) is 2.30. The molecule has 0 spiro atoms. The first-order valence-electron chi connectivity index (χ1n) is 5.65. The lowest BCUT2D eigenvalue weighted by Gasteiger charge is -2.08. The van der Waals surface area contributed by atoms with E-state index in [2.05, 4.69) is 10.9 Å². The lowest BCUT2D eigenvalue weighted by atomic mass is 10.2. The minimum absolute atomic E-state index is 0.0275. The lowest BCUT2D eigenvalue weighted by molar-refractivity contribution is -0.605. The van der Waals surface area contributed by atoms with Crippen molar-refractivity contribution in [3.8, 4) is 5.75 Å². The van der Waals surface area contributed by atoms with Gasteiger partial charge in [-0.05, 0) is 18.2 Å². The van der Waals surface area contributed by atoms with E-state index in [1.165, 1.54) is 30.5 Å². The second-order valence-corrected chi connectivity index (χ2v) is 3.88. The maximum atomic E-state index is 11.7. The summed E-state index contributed by atoms with van der Waals surface area (Å²) in [6.45, 7) is 0. The van der Waals surface area contributed by atoms with Gasteiger partial charge in [0.15, 0.2) is 12.4 Å². The second-order valence-electron chi connectivity index (χ2n) is 3.88. The van der Waals surface area contributed by atoms with Crippen LogP contribution in [0.2, 0.25) is 0 Å². The van der Waals surface area contributed by atoms with Gasteiger partial charge in [0.2, 0.25) is 0 Å². The van der Waals surface area contributed by atoms with Gasteiger partial charge in [0.25, 0.3) is 11.8 Å². The van der Waals surface area contributed by atoms with Crippen molar-refractivity contribution in [3.63, 3.8) is 0 Å². The van der Waals surface area contributed by atoms with Crippen molar-refractivity contribution in [1.82, 2.24) is 10.9 Å². The molecule has 0 aliphatic carbocycles. The van der Waals surface area contributed by atoms with Crippen LogP contribution in [0.4, 0.5) is 0 Å². The zero-order valence-electron chi connectivity index (χ0n) is 10.2. The molecule has 1 aromatic carbocycles. The number of hydrazine groups is 1. The fraction of sp³-hybridized carbons (Fsp3) is 0. The van der Waals surface area contributed by atoms with E-state index in [4.69, 9.17) is 0 Å². The van der Waals surface area contributed by atoms with Gasteiger partial charge < -0.3 is 10.3 Å². The molecule has 7 nitrogen and oxygen atoms in total. The molecular formula is C13H11N3O4. The molecule has 0 saturated heterocycles. The second kappa shape index (κ2) is 5.70. The third kappa shape index (κ3) is 3.02. The molecular weight excluding hydrogens is 262 g/mol. The number of carbonyl (C=O) groups excluding carboxylic acids is 2. The van der Waals surface area contributed by atoms with Crippen molar-refractivity contribution in [2.24, 2.45) is 0 Å². The maximum absolute atomic E-state index is 11.7. The van der Waals surface area contributed by atoms with Crippen LogP contribution in [0.15, 0.2) is 48.8 Å². The zero-order valence-corrected chi connectivity index (χ0v) is 10.2. The smallest absolute Gasteiger partial charge is 0.275 e. The van der Waals surface area contributed by atoms with E-state index < -0.39 is 11.8 Å². The van der Waals surface area contributed by atoms with Crippen molar-refractivity contribution < 1.29 is 19.4 Å². The molecule has 2 amide bonds. The van der Waals surface area contributed by atoms with Crippen LogP contribution in [0.5, 0.6) is 5.75 Å². The number of hydrogen-bond acceptors (Lipinski definition) is 4. The molecule has 0 aliphatic heterocycles. The average Bonchev–Trinajstić information content (AvgIpc) is 2.45. The molecule has 20 heavy (non-hydrogen) atoms. The quantitative estimate of drug-likeness (QED) is 0.410. The summed E-state index contributed by atoms with van der Waals surface area (Å²) in [5.74, 6) is -1.50. The first-order valence-corrected chi connectivity index (χ1v) is 5.65. The van der Waals surface area contributed by atoms with Gasteiger partial charge in [-0.15, -0.1) is 0 Å². The Labute approximate surface area is 114 Å². The van der Waals surface area contributed by atoms with Crippen LogP contribution >= 0.6 is 0 Å². The molecule has 2 aromatic rings. The first kappa shape index (κ1) is 13.3. The van der Waals surface area contributed by atoms with Crippen molar-refractivity contribution >= 4 is 11.8 Å². The summed E-state index contributed by atoms with van der Waals surface area (Å²) in [5.41, 5.74) is 4.42. The minimum atomic E-state index is -0.664. The van der Waals surface area contributed by atoms with Crippen LogP contribution in [0.25, 0.3) is 0 Å². The van der Waals surface area contributed by atoms with Gasteiger partial charge >= 0.3 is 0 Å². The van der Waals surface area contributed by atoms with Crippen LogP contribution in [0.1, 0.15) is 20.7 Å². The van der Waals surface area contributed by atoms with Crippen molar-refractivity contribution in [1.29, 1.82) is 0 Å². The lowest BCUT2D eigenvalue weighted by Crippen LogP contribution is -2.42. The molecule has 0 fully saturated rings. The number of hydrogen-bond donors (Lipinski definition) is 3. The Morgan fingerprint density at radius 3 is 2.45 bits per heavy atom. The number of aromatic nitrogens is 1. The summed E-state index contributed by atoms with van der Waals surface area (Å²) in [5, 5.41) is 20.5. The number of amides is 2. The number of aromatic hydroxyl groups is 1. The number of carbonyl (C=O) groups is 2. The summed E-state index contributed by atoms with van der Waals surface area (Å²) < 4.78 is 0.472. The van der Waals surface area contributed by atoms with Gasteiger partial charge in [0, 0.05) is 6.07 Å². The van der Waals surface area contributed by atoms with E-state index >= 15 is 0 Å². The topological polar surface area (TPSA) is 105 Å². The highest BCUT2D eigenvalue weighted by molar-refractivity contribution is 6.00. The highest BCUT2D eigenvalue weighted by Gasteiger charge is 2.13. The third-order valence-corrected chi connectivity index (χ3v) is 2.48. The van der Waals surface area contributed by atoms with Crippen LogP contribution in [-0.4, -0.2) is 16.9 Å². The van der Waals surface area contributed by atoms with Crippen LogP contribution < -0.4 is 15.6 Å². The molecule has 0 bridgehead atoms.